The van der Waals surface area contributed by atoms with Gasteiger partial charge in [-0.25, -0.2) is 4.79 Å². The molecule has 5 heteroatoms. The van der Waals surface area contributed by atoms with Crippen LogP contribution in [0.5, 0.6) is 0 Å². The Bertz CT molecular complexity index is 464. The minimum Gasteiger partial charge on any atom is -0.479 e. The van der Waals surface area contributed by atoms with Gasteiger partial charge in [0.2, 0.25) is 0 Å². The van der Waals surface area contributed by atoms with Crippen molar-refractivity contribution in [2.45, 2.75) is 45.4 Å². The molecule has 0 radical (unpaired) electrons. The van der Waals surface area contributed by atoms with E-state index in [1.54, 1.807) is 0 Å². The average Bonchev–Trinajstić information content (AvgIpc) is 2.87. The van der Waals surface area contributed by atoms with E-state index in [-0.39, 0.29) is 6.10 Å². The molecule has 1 aliphatic rings. The van der Waals surface area contributed by atoms with Crippen molar-refractivity contribution in [1.82, 2.24) is 9.88 Å². The van der Waals surface area contributed by atoms with Crippen LogP contribution in [0, 0.1) is 6.92 Å². The van der Waals surface area contributed by atoms with Crippen molar-refractivity contribution < 1.29 is 14.6 Å². The van der Waals surface area contributed by atoms with Crippen molar-refractivity contribution in [3.05, 3.63) is 29.6 Å². The summed E-state index contributed by atoms with van der Waals surface area (Å²) in [5.74, 6) is -0.851. The van der Waals surface area contributed by atoms with E-state index in [1.807, 2.05) is 25.1 Å². The lowest BCUT2D eigenvalue weighted by atomic mass is 10.2. The standard InChI is InChI=1S/C15H22N2O3/c1-3-17(9-12-6-4-5-11(2)16-12)10-13-7-8-14(20-13)15(18)19/h4-6,13-14H,3,7-10H2,1-2H3,(H,18,19). The number of hydrogen-bond acceptors (Lipinski definition) is 4. The molecule has 0 spiro atoms. The van der Waals surface area contributed by atoms with Gasteiger partial charge in [0.25, 0.3) is 0 Å². The van der Waals surface area contributed by atoms with Crippen molar-refractivity contribution in [3.63, 3.8) is 0 Å². The van der Waals surface area contributed by atoms with Crippen LogP contribution < -0.4 is 0 Å². The lowest BCUT2D eigenvalue weighted by Crippen LogP contribution is -2.33. The highest BCUT2D eigenvalue weighted by atomic mass is 16.5. The summed E-state index contributed by atoms with van der Waals surface area (Å²) in [7, 11) is 0. The van der Waals surface area contributed by atoms with Crippen LogP contribution in [0.4, 0.5) is 0 Å². The smallest absolute Gasteiger partial charge is 0.332 e. The maximum atomic E-state index is 10.9. The van der Waals surface area contributed by atoms with Gasteiger partial charge in [-0.05, 0) is 38.4 Å². The molecule has 2 rings (SSSR count). The van der Waals surface area contributed by atoms with Crippen LogP contribution in [0.2, 0.25) is 0 Å². The first-order chi connectivity index (χ1) is 9.58. The van der Waals surface area contributed by atoms with Gasteiger partial charge in [0.05, 0.1) is 11.8 Å². The highest BCUT2D eigenvalue weighted by Gasteiger charge is 2.31. The highest BCUT2D eigenvalue weighted by molar-refractivity contribution is 5.72. The number of nitrogens with zero attached hydrogens (tertiary/aromatic N) is 2. The Morgan fingerprint density at radius 2 is 2.30 bits per heavy atom. The number of carboxylic acids is 1. The minimum atomic E-state index is -0.851. The van der Waals surface area contributed by atoms with Gasteiger partial charge in [-0.2, -0.15) is 0 Å². The fraction of sp³-hybridized carbons (Fsp3) is 0.600. The van der Waals surface area contributed by atoms with Crippen LogP contribution in [-0.2, 0) is 16.1 Å². The van der Waals surface area contributed by atoms with Gasteiger partial charge >= 0.3 is 5.97 Å². The highest BCUT2D eigenvalue weighted by Crippen LogP contribution is 2.21. The summed E-state index contributed by atoms with van der Waals surface area (Å²) < 4.78 is 5.55. The Balaban J connectivity index is 1.88. The number of aromatic nitrogens is 1. The Hall–Kier alpha value is -1.46. The molecule has 5 nitrogen and oxygen atoms in total. The molecule has 0 aliphatic carbocycles. The second-order valence-corrected chi connectivity index (χ2v) is 5.26. The third-order valence-electron chi connectivity index (χ3n) is 3.62. The summed E-state index contributed by atoms with van der Waals surface area (Å²) >= 11 is 0. The molecule has 110 valence electrons. The van der Waals surface area contributed by atoms with Crippen molar-refractivity contribution in [2.24, 2.45) is 0 Å². The van der Waals surface area contributed by atoms with Crippen LogP contribution in [0.1, 0.15) is 31.2 Å². The van der Waals surface area contributed by atoms with Gasteiger partial charge < -0.3 is 9.84 Å². The molecular weight excluding hydrogens is 256 g/mol. The number of carboxylic acid groups (broad SMARTS) is 1. The number of pyridine rings is 1. The molecule has 1 fully saturated rings. The molecule has 2 heterocycles. The number of rotatable bonds is 6. The summed E-state index contributed by atoms with van der Waals surface area (Å²) in [6.45, 7) is 6.51. The van der Waals surface area contributed by atoms with E-state index in [4.69, 9.17) is 9.84 Å². The second-order valence-electron chi connectivity index (χ2n) is 5.26. The van der Waals surface area contributed by atoms with Crippen LogP contribution >= 0.6 is 0 Å². The summed E-state index contributed by atoms with van der Waals surface area (Å²) in [5.41, 5.74) is 2.06. The molecule has 0 saturated carbocycles. The number of ether oxygens (including phenoxy) is 1. The lowest BCUT2D eigenvalue weighted by molar-refractivity contribution is -0.149. The first-order valence-corrected chi connectivity index (χ1v) is 7.11. The van der Waals surface area contributed by atoms with E-state index < -0.39 is 12.1 Å². The second kappa shape index (κ2) is 6.81. The molecule has 2 atom stereocenters. The minimum absolute atomic E-state index is 0.0147. The molecule has 0 bridgehead atoms. The van der Waals surface area contributed by atoms with Crippen LogP contribution in [0.15, 0.2) is 18.2 Å². The summed E-state index contributed by atoms with van der Waals surface area (Å²) in [6, 6.07) is 6.01. The Morgan fingerprint density at radius 3 is 2.90 bits per heavy atom. The summed E-state index contributed by atoms with van der Waals surface area (Å²) in [6.07, 6.45) is 0.811. The predicted octanol–water partition coefficient (Wildman–Crippen LogP) is 1.84. The Labute approximate surface area is 119 Å². The van der Waals surface area contributed by atoms with Crippen molar-refractivity contribution in [1.29, 1.82) is 0 Å². The molecule has 1 aromatic heterocycles. The SMILES string of the molecule is CCN(Cc1cccc(C)n1)CC1CCC(C(=O)O)O1. The molecule has 0 aromatic carbocycles. The molecule has 20 heavy (non-hydrogen) atoms. The largest absolute Gasteiger partial charge is 0.479 e. The molecule has 0 amide bonds. The lowest BCUT2D eigenvalue weighted by Gasteiger charge is -2.23. The fourth-order valence-electron chi connectivity index (χ4n) is 2.53. The van der Waals surface area contributed by atoms with Crippen LogP contribution in [-0.4, -0.2) is 46.3 Å². The van der Waals surface area contributed by atoms with E-state index in [2.05, 4.69) is 16.8 Å². The van der Waals surface area contributed by atoms with E-state index in [0.29, 0.717) is 6.42 Å². The van der Waals surface area contributed by atoms with E-state index >= 15 is 0 Å². The number of aliphatic carboxylic acids is 1. The quantitative estimate of drug-likeness (QED) is 0.860. The van der Waals surface area contributed by atoms with Gasteiger partial charge in [-0.1, -0.05) is 13.0 Å². The maximum absolute atomic E-state index is 10.9. The first kappa shape index (κ1) is 14.9. The zero-order valence-corrected chi connectivity index (χ0v) is 12.1. The van der Waals surface area contributed by atoms with Crippen molar-refractivity contribution in [3.8, 4) is 0 Å². The third kappa shape index (κ3) is 4.02. The Morgan fingerprint density at radius 1 is 1.50 bits per heavy atom. The zero-order valence-electron chi connectivity index (χ0n) is 12.1. The zero-order chi connectivity index (χ0) is 14.5. The predicted molar refractivity (Wildman–Crippen MR) is 75.5 cm³/mol. The number of aryl methyl sites for hydroxylation is 1. The van der Waals surface area contributed by atoms with Crippen molar-refractivity contribution in [2.75, 3.05) is 13.1 Å². The molecule has 1 saturated heterocycles. The average molecular weight is 278 g/mol. The monoisotopic (exact) mass is 278 g/mol. The van der Waals surface area contributed by atoms with E-state index in [9.17, 15) is 4.79 Å². The van der Waals surface area contributed by atoms with Gasteiger partial charge in [-0.3, -0.25) is 9.88 Å². The van der Waals surface area contributed by atoms with E-state index in [1.165, 1.54) is 0 Å². The van der Waals surface area contributed by atoms with Crippen LogP contribution in [0.25, 0.3) is 0 Å². The number of carbonyl (C=O) groups is 1. The molecular formula is C15H22N2O3. The maximum Gasteiger partial charge on any atom is 0.332 e. The van der Waals surface area contributed by atoms with E-state index in [0.717, 1.165) is 37.4 Å². The topological polar surface area (TPSA) is 62.7 Å². The fourth-order valence-corrected chi connectivity index (χ4v) is 2.53. The Kier molecular flexibility index (Phi) is 5.09. The summed E-state index contributed by atoms with van der Waals surface area (Å²) in [4.78, 5) is 17.6. The first-order valence-electron chi connectivity index (χ1n) is 7.11. The van der Waals surface area contributed by atoms with Crippen molar-refractivity contribution >= 4 is 5.97 Å². The molecule has 2 unspecified atom stereocenters. The van der Waals surface area contributed by atoms with Gasteiger partial charge in [0.1, 0.15) is 0 Å². The molecule has 1 aliphatic heterocycles. The molecule has 1 N–H and O–H groups in total. The number of hydrogen-bond donors (Lipinski definition) is 1. The van der Waals surface area contributed by atoms with Gasteiger partial charge in [0.15, 0.2) is 6.10 Å². The normalized spacial score (nSPS) is 22.4. The molecule has 1 aromatic rings. The third-order valence-corrected chi connectivity index (χ3v) is 3.62. The van der Waals surface area contributed by atoms with Gasteiger partial charge in [0, 0.05) is 18.8 Å². The van der Waals surface area contributed by atoms with Gasteiger partial charge in [-0.15, -0.1) is 0 Å². The summed E-state index contributed by atoms with van der Waals surface area (Å²) in [5, 5.41) is 8.94. The number of likely N-dealkylation sites (N-methyl/N-ethyl adjacent to an activating group) is 1. The van der Waals surface area contributed by atoms with Crippen LogP contribution in [0.3, 0.4) is 0 Å².